The van der Waals surface area contributed by atoms with E-state index in [9.17, 15) is 4.79 Å². The molecule has 1 aromatic carbocycles. The maximum atomic E-state index is 12.7. The van der Waals surface area contributed by atoms with Gasteiger partial charge in [-0.25, -0.2) is 14.6 Å². The Balaban J connectivity index is 1.46. The Morgan fingerprint density at radius 2 is 1.96 bits per heavy atom. The zero-order valence-electron chi connectivity index (χ0n) is 15.3. The van der Waals surface area contributed by atoms with Crippen molar-refractivity contribution >= 4 is 34.7 Å². The summed E-state index contributed by atoms with van der Waals surface area (Å²) in [7, 11) is 0. The molecule has 0 spiro atoms. The number of nitrogens with one attached hydrogen (secondary N) is 1. The SMILES string of the molecule is Cc1csc(Sc2ccc(NC(=O)c3cnn(-c4ccccn4)c3C)cc2)n1. The second kappa shape index (κ2) is 7.95. The number of amides is 1. The number of carbonyl (C=O) groups excluding carboxylic acids is 1. The smallest absolute Gasteiger partial charge is 0.259 e. The van der Waals surface area contributed by atoms with Crippen LogP contribution in [0.2, 0.25) is 0 Å². The van der Waals surface area contributed by atoms with E-state index >= 15 is 0 Å². The molecule has 0 saturated heterocycles. The fourth-order valence-corrected chi connectivity index (χ4v) is 4.44. The van der Waals surface area contributed by atoms with Crippen LogP contribution in [0.5, 0.6) is 0 Å². The number of anilines is 1. The standard InChI is InChI=1S/C20H17N5OS2/c1-13-12-27-20(23-13)28-16-8-6-15(7-9-16)24-19(26)17-11-22-25(14(17)2)18-5-3-4-10-21-18/h3-12H,1-2H3,(H,24,26). The van der Waals surface area contributed by atoms with Crippen molar-refractivity contribution in [1.29, 1.82) is 0 Å². The minimum Gasteiger partial charge on any atom is -0.322 e. The van der Waals surface area contributed by atoms with Crippen LogP contribution in [-0.2, 0) is 0 Å². The van der Waals surface area contributed by atoms with Crippen molar-refractivity contribution in [1.82, 2.24) is 19.7 Å². The van der Waals surface area contributed by atoms with E-state index in [2.05, 4.69) is 20.4 Å². The third kappa shape index (κ3) is 3.97. The van der Waals surface area contributed by atoms with Crippen LogP contribution in [-0.4, -0.2) is 25.7 Å². The Morgan fingerprint density at radius 3 is 2.64 bits per heavy atom. The summed E-state index contributed by atoms with van der Waals surface area (Å²) in [5.74, 6) is 0.480. The molecule has 0 aliphatic rings. The maximum Gasteiger partial charge on any atom is 0.259 e. The zero-order valence-corrected chi connectivity index (χ0v) is 16.9. The quantitative estimate of drug-likeness (QED) is 0.517. The molecule has 3 heterocycles. The van der Waals surface area contributed by atoms with Crippen LogP contribution in [0.1, 0.15) is 21.7 Å². The fraction of sp³-hybridized carbons (Fsp3) is 0.100. The first kappa shape index (κ1) is 18.4. The van der Waals surface area contributed by atoms with Gasteiger partial charge in [-0.2, -0.15) is 5.10 Å². The Labute approximate surface area is 170 Å². The average molecular weight is 408 g/mol. The van der Waals surface area contributed by atoms with E-state index < -0.39 is 0 Å². The van der Waals surface area contributed by atoms with E-state index in [1.807, 2.05) is 61.7 Å². The lowest BCUT2D eigenvalue weighted by Crippen LogP contribution is -2.13. The third-order valence-electron chi connectivity index (χ3n) is 4.04. The molecule has 3 aromatic heterocycles. The normalized spacial score (nSPS) is 10.8. The molecule has 0 saturated carbocycles. The molecule has 8 heteroatoms. The fourth-order valence-electron chi connectivity index (χ4n) is 2.63. The predicted octanol–water partition coefficient (Wildman–Crippen LogP) is 4.74. The highest BCUT2D eigenvalue weighted by molar-refractivity contribution is 8.01. The van der Waals surface area contributed by atoms with Gasteiger partial charge in [0.2, 0.25) is 0 Å². The summed E-state index contributed by atoms with van der Waals surface area (Å²) in [5, 5.41) is 9.25. The van der Waals surface area contributed by atoms with Gasteiger partial charge in [0.15, 0.2) is 10.2 Å². The highest BCUT2D eigenvalue weighted by atomic mass is 32.2. The molecule has 0 atom stereocenters. The molecule has 28 heavy (non-hydrogen) atoms. The van der Waals surface area contributed by atoms with Gasteiger partial charge >= 0.3 is 0 Å². The number of carbonyl (C=O) groups is 1. The predicted molar refractivity (Wildman–Crippen MR) is 111 cm³/mol. The molecule has 0 radical (unpaired) electrons. The number of pyridine rings is 1. The van der Waals surface area contributed by atoms with Crippen molar-refractivity contribution in [3.05, 3.63) is 77.2 Å². The van der Waals surface area contributed by atoms with Crippen LogP contribution in [0.4, 0.5) is 5.69 Å². The van der Waals surface area contributed by atoms with Gasteiger partial charge in [-0.3, -0.25) is 4.79 Å². The van der Waals surface area contributed by atoms with Gasteiger partial charge in [0.1, 0.15) is 0 Å². The van der Waals surface area contributed by atoms with E-state index in [0.29, 0.717) is 11.4 Å². The van der Waals surface area contributed by atoms with E-state index in [1.165, 1.54) is 0 Å². The number of hydrogen-bond acceptors (Lipinski definition) is 6. The van der Waals surface area contributed by atoms with Crippen LogP contribution in [0.15, 0.2) is 69.5 Å². The summed E-state index contributed by atoms with van der Waals surface area (Å²) >= 11 is 3.24. The molecular weight excluding hydrogens is 390 g/mol. The topological polar surface area (TPSA) is 72.7 Å². The van der Waals surface area contributed by atoms with Gasteiger partial charge in [-0.05, 0) is 50.2 Å². The molecule has 140 valence electrons. The van der Waals surface area contributed by atoms with Crippen LogP contribution >= 0.6 is 23.1 Å². The molecule has 4 aromatic rings. The van der Waals surface area contributed by atoms with E-state index in [1.54, 1.807) is 40.2 Å². The summed E-state index contributed by atoms with van der Waals surface area (Å²) in [6, 6.07) is 13.3. The third-order valence-corrected chi connectivity index (χ3v) is 6.10. The number of aryl methyl sites for hydroxylation is 1. The molecule has 0 aliphatic heterocycles. The van der Waals surface area contributed by atoms with E-state index in [4.69, 9.17) is 0 Å². The Bertz CT molecular complexity index is 1100. The minimum atomic E-state index is -0.198. The lowest BCUT2D eigenvalue weighted by molar-refractivity contribution is 0.102. The Hall–Kier alpha value is -2.97. The van der Waals surface area contributed by atoms with Crippen LogP contribution in [0.25, 0.3) is 5.82 Å². The summed E-state index contributed by atoms with van der Waals surface area (Å²) in [5.41, 5.74) is 3.01. The second-order valence-electron chi connectivity index (χ2n) is 6.08. The molecule has 0 bridgehead atoms. The van der Waals surface area contributed by atoms with Crippen LogP contribution in [0, 0.1) is 13.8 Å². The van der Waals surface area contributed by atoms with Crippen molar-refractivity contribution in [2.75, 3.05) is 5.32 Å². The molecule has 0 unspecified atom stereocenters. The van der Waals surface area contributed by atoms with Gasteiger partial charge in [0, 0.05) is 27.9 Å². The number of nitrogens with zero attached hydrogens (tertiary/aromatic N) is 4. The van der Waals surface area contributed by atoms with Crippen molar-refractivity contribution in [3.63, 3.8) is 0 Å². The van der Waals surface area contributed by atoms with E-state index in [0.717, 1.165) is 26.3 Å². The summed E-state index contributed by atoms with van der Waals surface area (Å²) in [6.45, 7) is 3.84. The number of thiazole rings is 1. The number of hydrogen-bond donors (Lipinski definition) is 1. The summed E-state index contributed by atoms with van der Waals surface area (Å²) < 4.78 is 2.66. The van der Waals surface area contributed by atoms with Gasteiger partial charge in [0.05, 0.1) is 17.5 Å². The first-order valence-electron chi connectivity index (χ1n) is 8.57. The van der Waals surface area contributed by atoms with Gasteiger partial charge < -0.3 is 5.32 Å². The highest BCUT2D eigenvalue weighted by Crippen LogP contribution is 2.31. The minimum absolute atomic E-state index is 0.198. The van der Waals surface area contributed by atoms with Gasteiger partial charge in [0.25, 0.3) is 5.91 Å². The number of rotatable bonds is 5. The molecule has 6 nitrogen and oxygen atoms in total. The molecular formula is C20H17N5OS2. The maximum absolute atomic E-state index is 12.7. The largest absolute Gasteiger partial charge is 0.322 e. The molecule has 1 amide bonds. The lowest BCUT2D eigenvalue weighted by Gasteiger charge is -2.07. The van der Waals surface area contributed by atoms with Gasteiger partial charge in [-0.15, -0.1) is 11.3 Å². The average Bonchev–Trinajstić information content (AvgIpc) is 3.29. The molecule has 0 aliphatic carbocycles. The molecule has 0 fully saturated rings. The monoisotopic (exact) mass is 407 g/mol. The van der Waals surface area contributed by atoms with Crippen molar-refractivity contribution in [2.24, 2.45) is 0 Å². The van der Waals surface area contributed by atoms with Crippen molar-refractivity contribution in [3.8, 4) is 5.82 Å². The molecule has 1 N–H and O–H groups in total. The lowest BCUT2D eigenvalue weighted by atomic mass is 10.2. The Kier molecular flexibility index (Phi) is 5.23. The van der Waals surface area contributed by atoms with Crippen molar-refractivity contribution < 1.29 is 4.79 Å². The second-order valence-corrected chi connectivity index (χ2v) is 8.26. The summed E-state index contributed by atoms with van der Waals surface area (Å²) in [6.07, 6.45) is 3.26. The summed E-state index contributed by atoms with van der Waals surface area (Å²) in [4.78, 5) is 22.5. The van der Waals surface area contributed by atoms with Gasteiger partial charge in [-0.1, -0.05) is 17.8 Å². The number of aromatic nitrogens is 4. The van der Waals surface area contributed by atoms with Crippen molar-refractivity contribution in [2.45, 2.75) is 23.1 Å². The Morgan fingerprint density at radius 1 is 1.14 bits per heavy atom. The first-order chi connectivity index (χ1) is 13.6. The van der Waals surface area contributed by atoms with E-state index in [-0.39, 0.29) is 5.91 Å². The highest BCUT2D eigenvalue weighted by Gasteiger charge is 2.16. The first-order valence-corrected chi connectivity index (χ1v) is 10.3. The zero-order chi connectivity index (χ0) is 19.5. The number of benzene rings is 1. The molecule has 4 rings (SSSR count). The van der Waals surface area contributed by atoms with Crippen LogP contribution in [0.3, 0.4) is 0 Å². The van der Waals surface area contributed by atoms with Crippen LogP contribution < -0.4 is 5.32 Å².